The van der Waals surface area contributed by atoms with Gasteiger partial charge in [-0.15, -0.1) is 11.3 Å². The lowest BCUT2D eigenvalue weighted by molar-refractivity contribution is -0.152. The van der Waals surface area contributed by atoms with E-state index in [1.54, 1.807) is 11.8 Å². The maximum Gasteiger partial charge on any atom is 0.412 e. The van der Waals surface area contributed by atoms with E-state index < -0.39 is 6.09 Å². The molecular formula is C15H23N3O4S. The second-order valence-corrected chi connectivity index (χ2v) is 6.53. The van der Waals surface area contributed by atoms with Crippen LogP contribution in [0.5, 0.6) is 0 Å². The SMILES string of the molecule is CCCN(C(=O)OCOC(=O)CC)C1CCc2nc(N)sc2C1. The zero-order chi connectivity index (χ0) is 16.8. The Balaban J connectivity index is 1.95. The summed E-state index contributed by atoms with van der Waals surface area (Å²) in [5.74, 6) is -0.387. The third-order valence-corrected chi connectivity index (χ3v) is 4.71. The Morgan fingerprint density at radius 1 is 1.39 bits per heavy atom. The van der Waals surface area contributed by atoms with Crippen LogP contribution in [0.3, 0.4) is 0 Å². The zero-order valence-electron chi connectivity index (χ0n) is 13.5. The predicted molar refractivity (Wildman–Crippen MR) is 87.1 cm³/mol. The number of esters is 1. The fourth-order valence-electron chi connectivity index (χ4n) is 2.64. The standard InChI is InChI=1S/C15H23N3O4S/c1-3-7-18(15(20)22-9-21-13(19)4-2)10-5-6-11-12(8-10)23-14(16)17-11/h10H,3-9H2,1-2H3,(H2,16,17). The van der Waals surface area contributed by atoms with Crippen molar-refractivity contribution in [2.75, 3.05) is 19.1 Å². The van der Waals surface area contributed by atoms with Crippen molar-refractivity contribution in [3.63, 3.8) is 0 Å². The Morgan fingerprint density at radius 3 is 2.87 bits per heavy atom. The highest BCUT2D eigenvalue weighted by Crippen LogP contribution is 2.30. The van der Waals surface area contributed by atoms with Crippen molar-refractivity contribution in [1.82, 2.24) is 9.88 Å². The number of nitrogens with two attached hydrogens (primary N) is 1. The molecule has 1 aliphatic carbocycles. The second-order valence-electron chi connectivity index (χ2n) is 5.41. The quantitative estimate of drug-likeness (QED) is 0.630. The molecule has 1 amide bonds. The van der Waals surface area contributed by atoms with Gasteiger partial charge < -0.3 is 20.1 Å². The molecule has 1 unspecified atom stereocenters. The van der Waals surface area contributed by atoms with E-state index >= 15 is 0 Å². The Morgan fingerprint density at radius 2 is 2.17 bits per heavy atom. The minimum atomic E-state index is -0.443. The number of anilines is 1. The van der Waals surface area contributed by atoms with Crippen LogP contribution in [0.4, 0.5) is 9.93 Å². The molecule has 23 heavy (non-hydrogen) atoms. The summed E-state index contributed by atoms with van der Waals surface area (Å²) in [6.45, 7) is 3.97. The number of fused-ring (bicyclic) bond motifs is 1. The summed E-state index contributed by atoms with van der Waals surface area (Å²) in [5, 5.41) is 0.576. The van der Waals surface area contributed by atoms with E-state index in [9.17, 15) is 9.59 Å². The van der Waals surface area contributed by atoms with Gasteiger partial charge in [-0.3, -0.25) is 4.79 Å². The molecule has 0 radical (unpaired) electrons. The summed E-state index contributed by atoms with van der Waals surface area (Å²) in [5.41, 5.74) is 6.81. The molecule has 0 fully saturated rings. The molecule has 8 heteroatoms. The van der Waals surface area contributed by atoms with Crippen LogP contribution in [0, 0.1) is 0 Å². The van der Waals surface area contributed by atoms with Gasteiger partial charge in [0, 0.05) is 30.3 Å². The number of ether oxygens (including phenoxy) is 2. The Labute approximate surface area is 139 Å². The maximum atomic E-state index is 12.3. The topological polar surface area (TPSA) is 94.8 Å². The lowest BCUT2D eigenvalue weighted by atomic mass is 9.96. The van der Waals surface area contributed by atoms with Crippen LogP contribution in [-0.4, -0.2) is 41.3 Å². The predicted octanol–water partition coefficient (Wildman–Crippen LogP) is 2.34. The lowest BCUT2D eigenvalue weighted by Gasteiger charge is -2.32. The number of rotatable bonds is 6. The fourth-order valence-corrected chi connectivity index (χ4v) is 3.59. The van der Waals surface area contributed by atoms with E-state index in [2.05, 4.69) is 4.98 Å². The summed E-state index contributed by atoms with van der Waals surface area (Å²) >= 11 is 1.48. The van der Waals surface area contributed by atoms with Gasteiger partial charge in [-0.25, -0.2) is 9.78 Å². The molecule has 7 nitrogen and oxygen atoms in total. The van der Waals surface area contributed by atoms with Gasteiger partial charge in [0.1, 0.15) is 0 Å². The van der Waals surface area contributed by atoms with Crippen molar-refractivity contribution < 1.29 is 19.1 Å². The van der Waals surface area contributed by atoms with Crippen molar-refractivity contribution in [2.24, 2.45) is 0 Å². The number of amides is 1. The molecule has 0 aliphatic heterocycles. The molecule has 1 atom stereocenters. The molecular weight excluding hydrogens is 318 g/mol. The van der Waals surface area contributed by atoms with Gasteiger partial charge in [0.15, 0.2) is 5.13 Å². The number of hydrogen-bond donors (Lipinski definition) is 1. The Bertz CT molecular complexity index is 561. The van der Waals surface area contributed by atoms with Crippen LogP contribution in [-0.2, 0) is 27.1 Å². The molecule has 0 bridgehead atoms. The molecule has 128 valence electrons. The van der Waals surface area contributed by atoms with E-state index in [0.717, 1.165) is 36.3 Å². The fraction of sp³-hybridized carbons (Fsp3) is 0.667. The average Bonchev–Trinajstić information content (AvgIpc) is 2.91. The van der Waals surface area contributed by atoms with E-state index in [0.29, 0.717) is 11.7 Å². The average molecular weight is 341 g/mol. The molecule has 1 aromatic rings. The molecule has 2 rings (SSSR count). The number of carbonyl (C=O) groups is 2. The number of nitrogen functional groups attached to an aromatic ring is 1. The van der Waals surface area contributed by atoms with Gasteiger partial charge in [-0.05, 0) is 19.3 Å². The van der Waals surface area contributed by atoms with E-state index in [1.807, 2.05) is 6.92 Å². The minimum absolute atomic E-state index is 0.0664. The number of carbonyl (C=O) groups excluding carboxylic acids is 2. The van der Waals surface area contributed by atoms with Crippen LogP contribution >= 0.6 is 11.3 Å². The van der Waals surface area contributed by atoms with Crippen LogP contribution in [0.1, 0.15) is 43.7 Å². The van der Waals surface area contributed by atoms with Gasteiger partial charge in [-0.1, -0.05) is 13.8 Å². The number of thiazole rings is 1. The third-order valence-electron chi connectivity index (χ3n) is 3.76. The molecule has 0 saturated carbocycles. The highest BCUT2D eigenvalue weighted by Gasteiger charge is 2.30. The van der Waals surface area contributed by atoms with Crippen molar-refractivity contribution in [1.29, 1.82) is 0 Å². The smallest absolute Gasteiger partial charge is 0.412 e. The van der Waals surface area contributed by atoms with Gasteiger partial charge in [0.2, 0.25) is 6.79 Å². The van der Waals surface area contributed by atoms with Gasteiger partial charge in [0.25, 0.3) is 0 Å². The summed E-state index contributed by atoms with van der Waals surface area (Å²) < 4.78 is 9.89. The lowest BCUT2D eigenvalue weighted by Crippen LogP contribution is -2.44. The highest BCUT2D eigenvalue weighted by molar-refractivity contribution is 7.15. The summed E-state index contributed by atoms with van der Waals surface area (Å²) in [7, 11) is 0. The molecule has 1 aliphatic rings. The highest BCUT2D eigenvalue weighted by atomic mass is 32.1. The minimum Gasteiger partial charge on any atom is -0.428 e. The summed E-state index contributed by atoms with van der Waals surface area (Å²) in [4.78, 5) is 30.6. The van der Waals surface area contributed by atoms with Gasteiger partial charge >= 0.3 is 12.1 Å². The second kappa shape index (κ2) is 8.14. The van der Waals surface area contributed by atoms with E-state index in [4.69, 9.17) is 15.2 Å². The molecule has 1 heterocycles. The summed E-state index contributed by atoms with van der Waals surface area (Å²) in [6, 6.07) is 0.0664. The Kier molecular flexibility index (Phi) is 6.20. The molecule has 2 N–H and O–H groups in total. The maximum absolute atomic E-state index is 12.3. The van der Waals surface area contributed by atoms with Crippen LogP contribution in [0.15, 0.2) is 0 Å². The van der Waals surface area contributed by atoms with Crippen LogP contribution in [0.2, 0.25) is 0 Å². The van der Waals surface area contributed by atoms with Crippen LogP contribution < -0.4 is 5.73 Å². The first-order valence-corrected chi connectivity index (χ1v) is 8.69. The van der Waals surface area contributed by atoms with Crippen molar-refractivity contribution in [2.45, 2.75) is 52.0 Å². The first kappa shape index (κ1) is 17.5. The number of hydrogen-bond acceptors (Lipinski definition) is 7. The monoisotopic (exact) mass is 341 g/mol. The zero-order valence-corrected chi connectivity index (χ0v) is 14.4. The van der Waals surface area contributed by atoms with Crippen molar-refractivity contribution >= 4 is 28.5 Å². The van der Waals surface area contributed by atoms with Gasteiger partial charge in [-0.2, -0.15) is 0 Å². The Hall–Kier alpha value is -1.83. The molecule has 0 aromatic carbocycles. The molecule has 0 saturated heterocycles. The number of aromatic nitrogens is 1. The van der Waals surface area contributed by atoms with Crippen molar-refractivity contribution in [3.05, 3.63) is 10.6 Å². The molecule has 0 spiro atoms. The number of aryl methyl sites for hydroxylation is 1. The van der Waals surface area contributed by atoms with E-state index in [1.165, 1.54) is 11.3 Å². The first-order chi connectivity index (χ1) is 11.0. The largest absolute Gasteiger partial charge is 0.428 e. The first-order valence-electron chi connectivity index (χ1n) is 7.88. The number of nitrogens with zero attached hydrogens (tertiary/aromatic N) is 2. The van der Waals surface area contributed by atoms with Crippen LogP contribution in [0.25, 0.3) is 0 Å². The van der Waals surface area contributed by atoms with E-state index in [-0.39, 0.29) is 25.2 Å². The molecule has 1 aromatic heterocycles. The normalized spacial score (nSPS) is 16.5. The third kappa shape index (κ3) is 4.57. The van der Waals surface area contributed by atoms with Crippen molar-refractivity contribution in [3.8, 4) is 0 Å². The van der Waals surface area contributed by atoms with Gasteiger partial charge in [0.05, 0.1) is 5.69 Å². The summed E-state index contributed by atoms with van der Waals surface area (Å²) in [6.07, 6.45) is 3.04.